The van der Waals surface area contributed by atoms with Crippen LogP contribution in [0.2, 0.25) is 5.02 Å². The van der Waals surface area contributed by atoms with Crippen LogP contribution in [0, 0.1) is 23.7 Å². The van der Waals surface area contributed by atoms with E-state index in [9.17, 15) is 9.59 Å². The predicted octanol–water partition coefficient (Wildman–Crippen LogP) is 4.14. The lowest BCUT2D eigenvalue weighted by atomic mass is 9.64. The minimum Gasteiger partial charge on any atom is -0.270 e. The van der Waals surface area contributed by atoms with Gasteiger partial charge in [0, 0.05) is 10.6 Å². The fourth-order valence-corrected chi connectivity index (χ4v) is 6.28. The Morgan fingerprint density at radius 3 is 2.65 bits per heavy atom. The summed E-state index contributed by atoms with van der Waals surface area (Å²) in [6, 6.07) is 7.19. The number of halogens is 1. The summed E-state index contributed by atoms with van der Waals surface area (Å²) < 4.78 is 0. The van der Waals surface area contributed by atoms with Gasteiger partial charge in [-0.3, -0.25) is 9.59 Å². The van der Waals surface area contributed by atoms with Crippen molar-refractivity contribution < 1.29 is 9.59 Å². The van der Waals surface area contributed by atoms with E-state index in [4.69, 9.17) is 11.6 Å². The van der Waals surface area contributed by atoms with Gasteiger partial charge in [-0.1, -0.05) is 17.7 Å². The second kappa shape index (κ2) is 5.48. The van der Waals surface area contributed by atoms with Crippen molar-refractivity contribution in [2.45, 2.75) is 57.5 Å². The van der Waals surface area contributed by atoms with Crippen LogP contribution in [0.4, 0.5) is 0 Å². The van der Waals surface area contributed by atoms with Gasteiger partial charge in [-0.25, -0.2) is 10.0 Å². The fraction of sp³-hybridized carbons (Fsp3) is 0.619. The molecule has 138 valence electrons. The number of benzene rings is 1. The number of hydrogen-bond donors (Lipinski definition) is 0. The molecule has 1 saturated heterocycles. The topological polar surface area (TPSA) is 40.6 Å². The van der Waals surface area contributed by atoms with Crippen LogP contribution in [0.25, 0.3) is 0 Å². The molecule has 5 rings (SSSR count). The molecule has 0 radical (unpaired) electrons. The van der Waals surface area contributed by atoms with Crippen molar-refractivity contribution in [2.24, 2.45) is 23.7 Å². The van der Waals surface area contributed by atoms with Gasteiger partial charge in [-0.15, -0.1) is 0 Å². The van der Waals surface area contributed by atoms with Crippen molar-refractivity contribution in [1.29, 1.82) is 0 Å². The van der Waals surface area contributed by atoms with Gasteiger partial charge in [-0.2, -0.15) is 0 Å². The molecule has 26 heavy (non-hydrogen) atoms. The summed E-state index contributed by atoms with van der Waals surface area (Å²) in [6.07, 6.45) is 6.09. The molecule has 5 heteroatoms. The molecule has 1 aromatic carbocycles. The Bertz CT molecular complexity index is 792. The molecule has 0 aromatic heterocycles. The quantitative estimate of drug-likeness (QED) is 0.782. The summed E-state index contributed by atoms with van der Waals surface area (Å²) in [7, 11) is 0. The van der Waals surface area contributed by atoms with Gasteiger partial charge >= 0.3 is 0 Å². The number of rotatable bonds is 2. The van der Waals surface area contributed by atoms with Crippen molar-refractivity contribution in [3.63, 3.8) is 0 Å². The van der Waals surface area contributed by atoms with Crippen LogP contribution >= 0.6 is 11.6 Å². The molecule has 2 amide bonds. The average Bonchev–Trinajstić information content (AvgIpc) is 2.84. The lowest BCUT2D eigenvalue weighted by molar-refractivity contribution is -0.213. The van der Waals surface area contributed by atoms with E-state index in [1.54, 1.807) is 34.3 Å². The summed E-state index contributed by atoms with van der Waals surface area (Å²) in [5, 5.41) is 4.05. The van der Waals surface area contributed by atoms with E-state index in [0.717, 1.165) is 24.2 Å². The number of hydrogen-bond acceptors (Lipinski definition) is 2. The summed E-state index contributed by atoms with van der Waals surface area (Å²) in [5.74, 6) is 3.11. The minimum atomic E-state index is -0.785. The van der Waals surface area contributed by atoms with Gasteiger partial charge in [0.25, 0.3) is 11.8 Å². The number of hydrazine groups is 1. The van der Waals surface area contributed by atoms with Gasteiger partial charge in [0.15, 0.2) is 0 Å². The molecule has 0 N–H and O–H groups in total. The maximum atomic E-state index is 13.2. The van der Waals surface area contributed by atoms with E-state index in [1.807, 2.05) is 13.8 Å². The largest absolute Gasteiger partial charge is 0.273 e. The lowest BCUT2D eigenvalue weighted by Gasteiger charge is -2.59. The van der Waals surface area contributed by atoms with Gasteiger partial charge < -0.3 is 0 Å². The molecule has 1 heterocycles. The lowest BCUT2D eigenvalue weighted by Crippen LogP contribution is -2.79. The van der Waals surface area contributed by atoms with Crippen LogP contribution in [-0.2, 0) is 4.79 Å². The van der Waals surface area contributed by atoms with E-state index in [0.29, 0.717) is 16.5 Å². The molecule has 3 aliphatic carbocycles. The average molecular weight is 373 g/mol. The van der Waals surface area contributed by atoms with E-state index >= 15 is 0 Å². The number of fused-ring (bicyclic) bond motifs is 1. The SMILES string of the molecule is CC1(C)C(=O)N(C2CCC3CC4CC2CC34)N1C(=O)c1cccc(Cl)c1. The molecule has 5 unspecified atom stereocenters. The van der Waals surface area contributed by atoms with Gasteiger partial charge in [-0.05, 0) is 87.8 Å². The van der Waals surface area contributed by atoms with Crippen molar-refractivity contribution in [3.05, 3.63) is 34.9 Å². The zero-order chi connectivity index (χ0) is 18.2. The minimum absolute atomic E-state index is 0.0805. The van der Waals surface area contributed by atoms with Crippen LogP contribution in [0.3, 0.4) is 0 Å². The summed E-state index contributed by atoms with van der Waals surface area (Å²) in [6.45, 7) is 3.69. The first kappa shape index (κ1) is 16.6. The van der Waals surface area contributed by atoms with Crippen LogP contribution in [0.5, 0.6) is 0 Å². The first-order valence-electron chi connectivity index (χ1n) is 9.81. The molecule has 4 fully saturated rings. The Labute approximate surface area is 159 Å². The van der Waals surface area contributed by atoms with Crippen molar-refractivity contribution in [3.8, 4) is 0 Å². The van der Waals surface area contributed by atoms with Gasteiger partial charge in [0.05, 0.1) is 6.04 Å². The predicted molar refractivity (Wildman–Crippen MR) is 99.4 cm³/mol. The van der Waals surface area contributed by atoms with E-state index in [-0.39, 0.29) is 17.9 Å². The molecular formula is C21H25ClN2O2. The molecule has 4 aliphatic rings. The zero-order valence-corrected chi connectivity index (χ0v) is 16.1. The third-order valence-electron chi connectivity index (χ3n) is 7.43. The Morgan fingerprint density at radius 2 is 1.88 bits per heavy atom. The fourth-order valence-electron chi connectivity index (χ4n) is 6.09. The van der Waals surface area contributed by atoms with Crippen LogP contribution in [-0.4, -0.2) is 33.4 Å². The first-order chi connectivity index (χ1) is 12.4. The number of nitrogens with zero attached hydrogens (tertiary/aromatic N) is 2. The highest BCUT2D eigenvalue weighted by Gasteiger charge is 2.61. The highest BCUT2D eigenvalue weighted by molar-refractivity contribution is 6.31. The van der Waals surface area contributed by atoms with Crippen LogP contribution in [0.15, 0.2) is 24.3 Å². The molecule has 3 saturated carbocycles. The first-order valence-corrected chi connectivity index (χ1v) is 10.2. The van der Waals surface area contributed by atoms with Crippen molar-refractivity contribution in [1.82, 2.24) is 10.0 Å². The maximum absolute atomic E-state index is 13.2. The zero-order valence-electron chi connectivity index (χ0n) is 15.3. The Kier molecular flexibility index (Phi) is 3.50. The number of amides is 2. The second-order valence-corrected chi connectivity index (χ2v) is 9.57. The molecule has 5 atom stereocenters. The number of carbonyl (C=O) groups is 2. The van der Waals surface area contributed by atoms with Crippen LogP contribution in [0.1, 0.15) is 56.3 Å². The molecule has 0 spiro atoms. The highest BCUT2D eigenvalue weighted by Crippen LogP contribution is 2.59. The van der Waals surface area contributed by atoms with Crippen LogP contribution < -0.4 is 0 Å². The molecule has 1 aromatic rings. The smallest absolute Gasteiger partial charge is 0.270 e. The Balaban J connectivity index is 1.46. The second-order valence-electron chi connectivity index (χ2n) is 9.13. The molecule has 1 aliphatic heterocycles. The number of carbonyl (C=O) groups excluding carboxylic acids is 2. The standard InChI is InChI=1S/C21H25ClN2O2/c1-21(2)20(26)23(24(21)19(25)13-4-3-5-16(22)10-13)18-7-6-12-8-14-9-15(18)11-17(12)14/h3-5,10,12,14-15,17-18H,6-9,11H2,1-2H3. The van der Waals surface area contributed by atoms with E-state index < -0.39 is 5.54 Å². The summed E-state index contributed by atoms with van der Waals surface area (Å²) in [4.78, 5) is 26.2. The van der Waals surface area contributed by atoms with Gasteiger partial charge in [0.2, 0.25) is 0 Å². The Morgan fingerprint density at radius 1 is 1.12 bits per heavy atom. The Hall–Kier alpha value is -1.55. The third kappa shape index (κ3) is 2.14. The maximum Gasteiger partial charge on any atom is 0.273 e. The van der Waals surface area contributed by atoms with Crippen molar-refractivity contribution in [2.75, 3.05) is 0 Å². The molecule has 2 bridgehead atoms. The normalized spacial score (nSPS) is 37.0. The molecule has 4 nitrogen and oxygen atoms in total. The summed E-state index contributed by atoms with van der Waals surface area (Å²) in [5.41, 5.74) is -0.240. The van der Waals surface area contributed by atoms with E-state index in [1.165, 1.54) is 25.7 Å². The summed E-state index contributed by atoms with van der Waals surface area (Å²) >= 11 is 6.08. The third-order valence-corrected chi connectivity index (χ3v) is 7.66. The molecular weight excluding hydrogens is 348 g/mol. The van der Waals surface area contributed by atoms with Crippen molar-refractivity contribution >= 4 is 23.4 Å². The van der Waals surface area contributed by atoms with E-state index in [2.05, 4.69) is 0 Å². The van der Waals surface area contributed by atoms with Gasteiger partial charge in [0.1, 0.15) is 5.54 Å². The highest BCUT2D eigenvalue weighted by atomic mass is 35.5. The monoisotopic (exact) mass is 372 g/mol.